The largest absolute Gasteiger partial charge is 0.0616 e. The smallest absolute Gasteiger partial charge is 0.0399 e. The van der Waals surface area contributed by atoms with Crippen molar-refractivity contribution < 1.29 is 0 Å². The summed E-state index contributed by atoms with van der Waals surface area (Å²) in [5.41, 5.74) is 8.67. The summed E-state index contributed by atoms with van der Waals surface area (Å²) in [6.45, 7) is 9.07. The highest BCUT2D eigenvalue weighted by atomic mass is 79.9. The first-order valence-corrected chi connectivity index (χ1v) is 20.0. The van der Waals surface area contributed by atoms with E-state index in [4.69, 9.17) is 0 Å². The van der Waals surface area contributed by atoms with Gasteiger partial charge in [-0.3, -0.25) is 0 Å². The van der Waals surface area contributed by atoms with Gasteiger partial charge in [0.2, 0.25) is 0 Å². The average Bonchev–Trinajstić information content (AvgIpc) is 2.97. The third kappa shape index (κ3) is 6.38. The number of benzene rings is 5. The molecule has 5 aromatic carbocycles. The van der Waals surface area contributed by atoms with Gasteiger partial charge in [0.05, 0.1) is 0 Å². The molecule has 226 valence electrons. The Hall–Kier alpha value is -0.0600. The maximum Gasteiger partial charge on any atom is 0.0399 e. The zero-order valence-corrected chi connectivity index (χ0v) is 36.8. The summed E-state index contributed by atoms with van der Waals surface area (Å²) >= 11 is 31.1. The Labute approximate surface area is 327 Å². The van der Waals surface area contributed by atoms with Crippen molar-refractivity contribution in [2.75, 3.05) is 0 Å². The van der Waals surface area contributed by atoms with Crippen molar-refractivity contribution in [3.8, 4) is 22.3 Å². The van der Waals surface area contributed by atoms with Crippen LogP contribution in [-0.4, -0.2) is 0 Å². The highest BCUT2D eigenvalue weighted by Gasteiger charge is 2.34. The molecule has 0 heterocycles. The minimum absolute atomic E-state index is 0.313. The Morgan fingerprint density at radius 1 is 0.318 bits per heavy atom. The first-order chi connectivity index (χ1) is 20.7. The molecule has 0 atom stereocenters. The summed E-state index contributed by atoms with van der Waals surface area (Å²) in [6.07, 6.45) is 0. The normalized spacial score (nSPS) is 12.1. The molecule has 0 amide bonds. The predicted molar refractivity (Wildman–Crippen MR) is 216 cm³/mol. The lowest BCUT2D eigenvalue weighted by Gasteiger charge is -2.33. The van der Waals surface area contributed by atoms with Crippen molar-refractivity contribution in [1.29, 1.82) is 0 Å². The fourth-order valence-corrected chi connectivity index (χ4v) is 11.1. The SMILES string of the molecule is CC(C)(c1ccc(-c2ccccc2Br)c(Br)c1Br)c1ccc(C(C)(C)c2ccc(-c3ccccc3Br)c(Br)c2Br)c(Br)c1Br. The molecular formula is C36H26Br8. The molecule has 0 bridgehead atoms. The van der Waals surface area contributed by atoms with Crippen molar-refractivity contribution in [1.82, 2.24) is 0 Å². The van der Waals surface area contributed by atoms with Crippen molar-refractivity contribution in [3.63, 3.8) is 0 Å². The number of rotatable bonds is 6. The summed E-state index contributed by atoms with van der Waals surface area (Å²) < 4.78 is 8.37. The predicted octanol–water partition coefficient (Wildman–Crippen LogP) is 15.8. The summed E-state index contributed by atoms with van der Waals surface area (Å²) in [6, 6.07) is 29.9. The summed E-state index contributed by atoms with van der Waals surface area (Å²) in [5, 5.41) is 0. The Bertz CT molecular complexity index is 1770. The van der Waals surface area contributed by atoms with E-state index in [0.717, 1.165) is 58.0 Å². The van der Waals surface area contributed by atoms with Gasteiger partial charge in [-0.05, 0) is 152 Å². The summed E-state index contributed by atoms with van der Waals surface area (Å²) in [5.74, 6) is 0. The molecule has 0 saturated carbocycles. The molecule has 0 fully saturated rings. The van der Waals surface area contributed by atoms with E-state index in [1.54, 1.807) is 0 Å². The Morgan fingerprint density at radius 3 is 0.909 bits per heavy atom. The van der Waals surface area contributed by atoms with E-state index < -0.39 is 0 Å². The lowest BCUT2D eigenvalue weighted by molar-refractivity contribution is 0.616. The number of hydrogen-bond acceptors (Lipinski definition) is 0. The van der Waals surface area contributed by atoms with E-state index in [9.17, 15) is 0 Å². The number of hydrogen-bond donors (Lipinski definition) is 0. The third-order valence-electron chi connectivity index (χ3n) is 8.27. The molecule has 5 aromatic rings. The molecule has 8 heteroatoms. The molecule has 5 rings (SSSR count). The van der Waals surface area contributed by atoms with Crippen LogP contribution in [0.4, 0.5) is 0 Å². The zero-order chi connectivity index (χ0) is 32.1. The van der Waals surface area contributed by atoms with Crippen LogP contribution in [0.1, 0.15) is 49.9 Å². The minimum atomic E-state index is -0.313. The van der Waals surface area contributed by atoms with Crippen molar-refractivity contribution in [2.45, 2.75) is 38.5 Å². The lowest BCUT2D eigenvalue weighted by Crippen LogP contribution is -2.24. The van der Waals surface area contributed by atoms with E-state index in [0.29, 0.717) is 0 Å². The fraction of sp³-hybridized carbons (Fsp3) is 0.167. The molecule has 0 aromatic heterocycles. The molecule has 44 heavy (non-hydrogen) atoms. The Kier molecular flexibility index (Phi) is 11.1. The summed E-state index contributed by atoms with van der Waals surface area (Å²) in [4.78, 5) is 0. The maximum atomic E-state index is 4.01. The topological polar surface area (TPSA) is 0 Å². The van der Waals surface area contributed by atoms with E-state index in [1.807, 2.05) is 12.1 Å². The quantitative estimate of drug-likeness (QED) is 0.159. The van der Waals surface area contributed by atoms with Crippen LogP contribution in [0.25, 0.3) is 22.3 Å². The monoisotopic (exact) mass is 1090 g/mol. The third-order valence-corrected chi connectivity index (χ3v) is 16.2. The summed E-state index contributed by atoms with van der Waals surface area (Å²) in [7, 11) is 0. The maximum absolute atomic E-state index is 4.01. The van der Waals surface area contributed by atoms with Crippen LogP contribution in [0.3, 0.4) is 0 Å². The minimum Gasteiger partial charge on any atom is -0.0616 e. The zero-order valence-electron chi connectivity index (χ0n) is 24.1. The van der Waals surface area contributed by atoms with Gasteiger partial charge in [0.15, 0.2) is 0 Å². The standard InChI is InChI=1S/C36H26Br8/c1-35(2,23-15-13-21(29(39)31(23)41)19-9-5-7-11-27(19)37)25-17-18-26(34(44)33(25)43)36(3,4)24-16-14-22(30(40)32(24)42)20-10-6-8-12-28(20)38/h5-18H,1-4H3. The first kappa shape index (κ1) is 35.3. The molecule has 0 aliphatic rings. The van der Waals surface area contributed by atoms with Crippen LogP contribution in [0.15, 0.2) is 121 Å². The van der Waals surface area contributed by atoms with Crippen LogP contribution >= 0.6 is 127 Å². The van der Waals surface area contributed by atoms with Gasteiger partial charge in [0, 0.05) is 46.6 Å². The molecular weight excluding hydrogens is 1070 g/mol. The highest BCUT2D eigenvalue weighted by Crippen LogP contribution is 2.50. The van der Waals surface area contributed by atoms with E-state index in [2.05, 4.69) is 228 Å². The van der Waals surface area contributed by atoms with Gasteiger partial charge >= 0.3 is 0 Å². The molecule has 0 spiro atoms. The first-order valence-electron chi connectivity index (χ1n) is 13.6. The van der Waals surface area contributed by atoms with Gasteiger partial charge in [0.25, 0.3) is 0 Å². The van der Waals surface area contributed by atoms with Crippen LogP contribution in [-0.2, 0) is 10.8 Å². The second kappa shape index (κ2) is 13.8. The van der Waals surface area contributed by atoms with E-state index in [1.165, 1.54) is 22.3 Å². The van der Waals surface area contributed by atoms with Gasteiger partial charge in [-0.1, -0.05) is 132 Å². The molecule has 0 aliphatic heterocycles. The Morgan fingerprint density at radius 2 is 0.591 bits per heavy atom. The fourth-order valence-electron chi connectivity index (χ4n) is 5.64. The van der Waals surface area contributed by atoms with Crippen LogP contribution in [0.2, 0.25) is 0 Å². The van der Waals surface area contributed by atoms with Gasteiger partial charge in [-0.15, -0.1) is 0 Å². The second-order valence-corrected chi connectivity index (χ2v) is 18.0. The van der Waals surface area contributed by atoms with Crippen molar-refractivity contribution in [2.24, 2.45) is 0 Å². The molecule has 0 saturated heterocycles. The molecule has 0 aliphatic carbocycles. The molecule has 0 unspecified atom stereocenters. The van der Waals surface area contributed by atoms with Crippen LogP contribution < -0.4 is 0 Å². The van der Waals surface area contributed by atoms with E-state index >= 15 is 0 Å². The molecule has 0 nitrogen and oxygen atoms in total. The number of halogens is 8. The average molecular weight is 1100 g/mol. The lowest BCUT2D eigenvalue weighted by atomic mass is 9.74. The van der Waals surface area contributed by atoms with Crippen molar-refractivity contribution >= 4 is 127 Å². The van der Waals surface area contributed by atoms with E-state index in [-0.39, 0.29) is 10.8 Å². The Balaban J connectivity index is 1.56. The van der Waals surface area contributed by atoms with Gasteiger partial charge < -0.3 is 0 Å². The molecule has 0 radical (unpaired) electrons. The van der Waals surface area contributed by atoms with Crippen LogP contribution in [0, 0.1) is 0 Å². The van der Waals surface area contributed by atoms with Gasteiger partial charge in [-0.2, -0.15) is 0 Å². The van der Waals surface area contributed by atoms with Crippen molar-refractivity contribution in [3.05, 3.63) is 143 Å². The van der Waals surface area contributed by atoms with Crippen LogP contribution in [0.5, 0.6) is 0 Å². The molecule has 0 N–H and O–H groups in total. The second-order valence-electron chi connectivity index (χ2n) is 11.6. The van der Waals surface area contributed by atoms with Gasteiger partial charge in [0.1, 0.15) is 0 Å². The van der Waals surface area contributed by atoms with Gasteiger partial charge in [-0.25, -0.2) is 0 Å². The highest BCUT2D eigenvalue weighted by molar-refractivity contribution is 9.14.